The summed E-state index contributed by atoms with van der Waals surface area (Å²) in [6, 6.07) is 11.5. The largest absolute Gasteiger partial charge is 0.459 e. The molecule has 1 aromatic heterocycles. The molecule has 0 N–H and O–H groups in total. The number of aromatic nitrogens is 1. The maximum atomic E-state index is 14.1. The fourth-order valence-electron chi connectivity index (χ4n) is 2.48. The topological polar surface area (TPSA) is 59.5 Å². The van der Waals surface area contributed by atoms with E-state index in [4.69, 9.17) is 4.74 Å². The van der Waals surface area contributed by atoms with E-state index >= 15 is 0 Å². The van der Waals surface area contributed by atoms with Gasteiger partial charge in [-0.3, -0.25) is 14.5 Å². The molecule has 1 amide bonds. The summed E-state index contributed by atoms with van der Waals surface area (Å²) in [5, 5.41) is 1.92. The summed E-state index contributed by atoms with van der Waals surface area (Å²) < 4.78 is 32.1. The van der Waals surface area contributed by atoms with E-state index in [1.807, 2.05) is 0 Å². The number of amides is 1. The van der Waals surface area contributed by atoms with Crippen LogP contribution in [0.25, 0.3) is 0 Å². The molecule has 0 saturated heterocycles. The van der Waals surface area contributed by atoms with Crippen molar-refractivity contribution in [1.29, 1.82) is 0 Å². The minimum Gasteiger partial charge on any atom is -0.459 e. The molecule has 0 aliphatic carbocycles. The Morgan fingerprint density at radius 3 is 2.50 bits per heavy atom. The van der Waals surface area contributed by atoms with Gasteiger partial charge >= 0.3 is 5.97 Å². The number of esters is 1. The normalized spacial score (nSPS) is 10.5. The molecule has 8 heteroatoms. The lowest BCUT2D eigenvalue weighted by molar-refractivity contribution is -0.144. The summed E-state index contributed by atoms with van der Waals surface area (Å²) in [5.74, 6) is -1.80. The molecule has 0 atom stereocenters. The smallest absolute Gasteiger partial charge is 0.310 e. The Morgan fingerprint density at radius 2 is 1.82 bits per heavy atom. The Morgan fingerprint density at radius 1 is 1.11 bits per heavy atom. The number of para-hydroxylation sites is 1. The van der Waals surface area contributed by atoms with Gasteiger partial charge in [-0.1, -0.05) is 24.3 Å². The van der Waals surface area contributed by atoms with Crippen LogP contribution in [0.3, 0.4) is 0 Å². The highest BCUT2D eigenvalue weighted by Crippen LogP contribution is 2.30. The number of hydrogen-bond donors (Lipinski definition) is 0. The Kier molecular flexibility index (Phi) is 6.10. The van der Waals surface area contributed by atoms with Crippen molar-refractivity contribution in [3.63, 3.8) is 0 Å². The maximum Gasteiger partial charge on any atom is 0.310 e. The number of nitrogens with zero attached hydrogens (tertiary/aromatic N) is 2. The van der Waals surface area contributed by atoms with Crippen LogP contribution in [0.5, 0.6) is 0 Å². The van der Waals surface area contributed by atoms with Gasteiger partial charge in [0.15, 0.2) is 5.13 Å². The van der Waals surface area contributed by atoms with Gasteiger partial charge < -0.3 is 4.74 Å². The fourth-order valence-corrected chi connectivity index (χ4v) is 3.34. The van der Waals surface area contributed by atoms with Gasteiger partial charge in [0.05, 0.1) is 17.8 Å². The van der Waals surface area contributed by atoms with E-state index in [2.05, 4.69) is 4.98 Å². The molecule has 0 aliphatic rings. The summed E-state index contributed by atoms with van der Waals surface area (Å²) >= 11 is 1.14. The van der Waals surface area contributed by atoms with Crippen LogP contribution in [-0.4, -0.2) is 16.9 Å². The molecule has 3 aromatic rings. The molecule has 0 unspecified atom stereocenters. The molecule has 0 radical (unpaired) electrons. The standard InChI is InChI=1S/C20H16F2N2O3S/c1-13(25)24(18-5-3-2-4-17(18)22)20-23-16(12-28-20)11-27-19(26)10-14-6-8-15(21)9-7-14/h2-9,12H,10-11H2,1H3. The first-order chi connectivity index (χ1) is 13.4. The van der Waals surface area contributed by atoms with Crippen LogP contribution in [-0.2, 0) is 27.4 Å². The van der Waals surface area contributed by atoms with E-state index in [1.165, 1.54) is 54.3 Å². The SMILES string of the molecule is CC(=O)N(c1nc(COC(=O)Cc2ccc(F)cc2)cs1)c1ccccc1F. The van der Waals surface area contributed by atoms with Gasteiger partial charge in [-0.05, 0) is 29.8 Å². The molecule has 3 rings (SSSR count). The average Bonchev–Trinajstić information content (AvgIpc) is 3.12. The molecule has 1 heterocycles. The van der Waals surface area contributed by atoms with Crippen molar-refractivity contribution in [3.8, 4) is 0 Å². The van der Waals surface area contributed by atoms with E-state index < -0.39 is 11.8 Å². The number of hydrogen-bond acceptors (Lipinski definition) is 5. The number of thiazole rings is 1. The second kappa shape index (κ2) is 8.71. The second-order valence-corrected chi connectivity index (χ2v) is 6.73. The van der Waals surface area contributed by atoms with Gasteiger partial charge in [-0.25, -0.2) is 13.8 Å². The lowest BCUT2D eigenvalue weighted by Gasteiger charge is -2.18. The number of halogens is 2. The summed E-state index contributed by atoms with van der Waals surface area (Å²) in [7, 11) is 0. The van der Waals surface area contributed by atoms with Crippen LogP contribution in [0, 0.1) is 11.6 Å². The number of benzene rings is 2. The molecule has 28 heavy (non-hydrogen) atoms. The first-order valence-corrected chi connectivity index (χ1v) is 9.21. The van der Waals surface area contributed by atoms with E-state index in [0.717, 1.165) is 11.3 Å². The molecule has 0 saturated carbocycles. The minimum atomic E-state index is -0.542. The Balaban J connectivity index is 1.66. The van der Waals surface area contributed by atoms with Crippen molar-refractivity contribution < 1.29 is 23.1 Å². The zero-order valence-electron chi connectivity index (χ0n) is 14.9. The quantitative estimate of drug-likeness (QED) is 0.574. The van der Waals surface area contributed by atoms with Crippen LogP contribution >= 0.6 is 11.3 Å². The molecular weight excluding hydrogens is 386 g/mol. The molecule has 0 fully saturated rings. The van der Waals surface area contributed by atoms with Gasteiger partial charge in [-0.2, -0.15) is 0 Å². The van der Waals surface area contributed by atoms with Crippen molar-refractivity contribution in [2.24, 2.45) is 0 Å². The summed E-state index contributed by atoms with van der Waals surface area (Å²) in [6.45, 7) is 1.23. The molecule has 5 nitrogen and oxygen atoms in total. The third-order valence-electron chi connectivity index (χ3n) is 3.78. The lowest BCUT2D eigenvalue weighted by Crippen LogP contribution is -2.23. The third-order valence-corrected chi connectivity index (χ3v) is 4.66. The summed E-state index contributed by atoms with van der Waals surface area (Å²) in [6.07, 6.45) is 0.00602. The number of rotatable bonds is 6. The van der Waals surface area contributed by atoms with Crippen molar-refractivity contribution in [2.75, 3.05) is 4.90 Å². The molecule has 2 aromatic carbocycles. The lowest BCUT2D eigenvalue weighted by atomic mass is 10.1. The number of anilines is 2. The van der Waals surface area contributed by atoms with Gasteiger partial charge in [0.1, 0.15) is 18.2 Å². The van der Waals surface area contributed by atoms with Crippen molar-refractivity contribution in [2.45, 2.75) is 20.0 Å². The van der Waals surface area contributed by atoms with Crippen LogP contribution in [0.15, 0.2) is 53.9 Å². The van der Waals surface area contributed by atoms with Gasteiger partial charge in [0, 0.05) is 12.3 Å². The van der Waals surface area contributed by atoms with Crippen LogP contribution in [0.1, 0.15) is 18.2 Å². The van der Waals surface area contributed by atoms with Crippen LogP contribution in [0.2, 0.25) is 0 Å². The zero-order valence-corrected chi connectivity index (χ0v) is 15.7. The monoisotopic (exact) mass is 402 g/mol. The average molecular weight is 402 g/mol. The summed E-state index contributed by atoms with van der Waals surface area (Å²) in [4.78, 5) is 29.4. The molecule has 0 spiro atoms. The summed E-state index contributed by atoms with van der Waals surface area (Å²) in [5.41, 5.74) is 1.17. The fraction of sp³-hybridized carbons (Fsp3) is 0.150. The predicted molar refractivity (Wildman–Crippen MR) is 101 cm³/mol. The highest BCUT2D eigenvalue weighted by Gasteiger charge is 2.21. The Hall–Kier alpha value is -3.13. The van der Waals surface area contributed by atoms with Crippen molar-refractivity contribution in [1.82, 2.24) is 4.98 Å². The third kappa shape index (κ3) is 4.77. The van der Waals surface area contributed by atoms with Crippen LogP contribution in [0.4, 0.5) is 19.6 Å². The zero-order chi connectivity index (χ0) is 20.1. The van der Waals surface area contributed by atoms with E-state index in [0.29, 0.717) is 11.3 Å². The van der Waals surface area contributed by atoms with E-state index in [1.54, 1.807) is 11.4 Å². The van der Waals surface area contributed by atoms with Gasteiger partial charge in [-0.15, -0.1) is 11.3 Å². The van der Waals surface area contributed by atoms with Gasteiger partial charge in [0.2, 0.25) is 5.91 Å². The number of carbonyl (C=O) groups excluding carboxylic acids is 2. The van der Waals surface area contributed by atoms with E-state index in [9.17, 15) is 18.4 Å². The predicted octanol–water partition coefficient (Wildman–Crippen LogP) is 4.39. The van der Waals surface area contributed by atoms with E-state index in [-0.39, 0.29) is 35.6 Å². The van der Waals surface area contributed by atoms with Crippen molar-refractivity contribution >= 4 is 34.0 Å². The highest BCUT2D eigenvalue weighted by molar-refractivity contribution is 7.14. The minimum absolute atomic E-state index is 0.00602. The molecule has 0 bridgehead atoms. The first-order valence-electron chi connectivity index (χ1n) is 8.33. The highest BCUT2D eigenvalue weighted by atomic mass is 32.1. The number of carbonyl (C=O) groups is 2. The van der Waals surface area contributed by atoms with Crippen molar-refractivity contribution in [3.05, 3.63) is 76.8 Å². The Bertz CT molecular complexity index is 989. The van der Waals surface area contributed by atoms with Crippen LogP contribution < -0.4 is 4.90 Å². The molecule has 144 valence electrons. The second-order valence-electron chi connectivity index (χ2n) is 5.89. The molecule has 0 aliphatic heterocycles. The maximum absolute atomic E-state index is 14.1. The number of ether oxygens (including phenoxy) is 1. The first kappa shape index (κ1) is 19.6. The Labute approximate surface area is 164 Å². The molecular formula is C20H16F2N2O3S. The van der Waals surface area contributed by atoms with Gasteiger partial charge in [0.25, 0.3) is 0 Å².